The van der Waals surface area contributed by atoms with E-state index < -0.39 is 17.5 Å². The molecule has 0 aliphatic carbocycles. The van der Waals surface area contributed by atoms with E-state index in [9.17, 15) is 13.6 Å². The molecule has 0 spiro atoms. The molecule has 0 unspecified atom stereocenters. The number of carbonyl (C=O) groups is 1. The predicted molar refractivity (Wildman–Crippen MR) is 75.9 cm³/mol. The Hall–Kier alpha value is -2.64. The number of hydrogen-bond donors (Lipinski definition) is 0. The maximum Gasteiger partial charge on any atom is 0.279 e. The van der Waals surface area contributed by atoms with E-state index in [-0.39, 0.29) is 30.3 Å². The minimum Gasteiger partial charge on any atom is -0.486 e. The topological polar surface area (TPSA) is 56.6 Å². The zero-order chi connectivity index (χ0) is 16.0. The zero-order valence-electron chi connectivity index (χ0n) is 12.1. The first kappa shape index (κ1) is 14.0. The highest BCUT2D eigenvalue weighted by atomic mass is 19.2. The van der Waals surface area contributed by atoms with Crippen LogP contribution in [0, 0.1) is 11.6 Å². The summed E-state index contributed by atoms with van der Waals surface area (Å²) in [6.07, 6.45) is 0.827. The standard InChI is InChI=1S/C15H13F2N3O3/c16-9-2-3-11-14(13(9)17)23-7-5-19(11)15(21)10-8-12-20(18-10)4-1-6-22-12/h2-3,8H,1,4-7H2. The molecule has 0 fully saturated rings. The summed E-state index contributed by atoms with van der Waals surface area (Å²) in [5.74, 6) is -2.20. The number of rotatable bonds is 1. The zero-order valence-corrected chi connectivity index (χ0v) is 12.1. The average Bonchev–Trinajstić information content (AvgIpc) is 3.01. The van der Waals surface area contributed by atoms with E-state index in [1.54, 1.807) is 10.7 Å². The lowest BCUT2D eigenvalue weighted by Crippen LogP contribution is -2.38. The van der Waals surface area contributed by atoms with Crippen LogP contribution in [-0.4, -0.2) is 35.4 Å². The maximum absolute atomic E-state index is 13.8. The number of halogens is 2. The van der Waals surface area contributed by atoms with Gasteiger partial charge in [-0.25, -0.2) is 9.07 Å². The van der Waals surface area contributed by atoms with Crippen molar-refractivity contribution in [2.45, 2.75) is 13.0 Å². The van der Waals surface area contributed by atoms with Crippen molar-refractivity contribution < 1.29 is 23.0 Å². The molecule has 3 heterocycles. The first-order valence-corrected chi connectivity index (χ1v) is 7.28. The number of amides is 1. The SMILES string of the molecule is O=C(c1cc2n(n1)CCCO2)N1CCOc2c1ccc(F)c2F. The minimum absolute atomic E-state index is 0.0865. The van der Waals surface area contributed by atoms with E-state index >= 15 is 0 Å². The Balaban J connectivity index is 1.70. The second-order valence-electron chi connectivity index (χ2n) is 5.31. The van der Waals surface area contributed by atoms with Gasteiger partial charge in [-0.3, -0.25) is 9.69 Å². The number of hydrogen-bond acceptors (Lipinski definition) is 4. The van der Waals surface area contributed by atoms with Crippen molar-refractivity contribution in [2.75, 3.05) is 24.7 Å². The molecule has 4 rings (SSSR count). The molecule has 23 heavy (non-hydrogen) atoms. The highest BCUT2D eigenvalue weighted by Gasteiger charge is 2.30. The Morgan fingerprint density at radius 3 is 2.87 bits per heavy atom. The molecule has 2 aliphatic heterocycles. The highest BCUT2D eigenvalue weighted by Crippen LogP contribution is 2.36. The number of aryl methyl sites for hydroxylation is 1. The number of carbonyl (C=O) groups excluding carboxylic acids is 1. The number of nitrogens with zero attached hydrogens (tertiary/aromatic N) is 3. The number of fused-ring (bicyclic) bond motifs is 2. The predicted octanol–water partition coefficient (Wildman–Crippen LogP) is 1.98. The lowest BCUT2D eigenvalue weighted by Gasteiger charge is -2.29. The summed E-state index contributed by atoms with van der Waals surface area (Å²) < 4.78 is 39.4. The van der Waals surface area contributed by atoms with E-state index in [2.05, 4.69) is 5.10 Å². The molecule has 2 aromatic rings. The summed E-state index contributed by atoms with van der Waals surface area (Å²) in [7, 11) is 0. The summed E-state index contributed by atoms with van der Waals surface area (Å²) in [6.45, 7) is 1.59. The van der Waals surface area contributed by atoms with Crippen LogP contribution in [0.2, 0.25) is 0 Å². The molecule has 0 saturated carbocycles. The fourth-order valence-corrected chi connectivity index (χ4v) is 2.75. The normalized spacial score (nSPS) is 16.2. The molecule has 2 aliphatic rings. The van der Waals surface area contributed by atoms with Crippen LogP contribution in [0.25, 0.3) is 0 Å². The molecular weight excluding hydrogens is 308 g/mol. The first-order chi connectivity index (χ1) is 11.1. The number of benzene rings is 1. The van der Waals surface area contributed by atoms with E-state index in [1.807, 2.05) is 0 Å². The maximum atomic E-state index is 13.8. The van der Waals surface area contributed by atoms with Gasteiger partial charge in [-0.05, 0) is 12.1 Å². The Morgan fingerprint density at radius 1 is 1.17 bits per heavy atom. The third kappa shape index (κ3) is 2.21. The largest absolute Gasteiger partial charge is 0.486 e. The molecule has 6 nitrogen and oxygen atoms in total. The van der Waals surface area contributed by atoms with Gasteiger partial charge >= 0.3 is 0 Å². The number of ether oxygens (including phenoxy) is 2. The molecule has 1 aromatic heterocycles. The third-order valence-corrected chi connectivity index (χ3v) is 3.85. The highest BCUT2D eigenvalue weighted by molar-refractivity contribution is 6.06. The van der Waals surface area contributed by atoms with Gasteiger partial charge in [-0.2, -0.15) is 9.49 Å². The fourth-order valence-electron chi connectivity index (χ4n) is 2.75. The summed E-state index contributed by atoms with van der Waals surface area (Å²) in [5, 5.41) is 4.23. The third-order valence-electron chi connectivity index (χ3n) is 3.85. The molecule has 1 aromatic carbocycles. The molecule has 0 bridgehead atoms. The molecule has 0 N–H and O–H groups in total. The Bertz CT molecular complexity index is 767. The number of aromatic nitrogens is 2. The fraction of sp³-hybridized carbons (Fsp3) is 0.333. The van der Waals surface area contributed by atoms with Crippen LogP contribution in [-0.2, 0) is 6.54 Å². The lowest BCUT2D eigenvalue weighted by molar-refractivity contribution is 0.0970. The monoisotopic (exact) mass is 321 g/mol. The smallest absolute Gasteiger partial charge is 0.279 e. The Morgan fingerprint density at radius 2 is 2.04 bits per heavy atom. The molecule has 120 valence electrons. The summed E-state index contributed by atoms with van der Waals surface area (Å²) in [4.78, 5) is 14.0. The van der Waals surface area contributed by atoms with Crippen molar-refractivity contribution in [1.29, 1.82) is 0 Å². The Kier molecular flexibility index (Phi) is 3.17. The van der Waals surface area contributed by atoms with Crippen LogP contribution in [0.15, 0.2) is 18.2 Å². The van der Waals surface area contributed by atoms with Crippen LogP contribution in [0.4, 0.5) is 14.5 Å². The van der Waals surface area contributed by atoms with Crippen LogP contribution < -0.4 is 14.4 Å². The van der Waals surface area contributed by atoms with Crippen molar-refractivity contribution in [2.24, 2.45) is 0 Å². The molecule has 0 saturated heterocycles. The van der Waals surface area contributed by atoms with Gasteiger partial charge in [0, 0.05) is 19.0 Å². The van der Waals surface area contributed by atoms with Gasteiger partial charge in [0.15, 0.2) is 17.3 Å². The van der Waals surface area contributed by atoms with Gasteiger partial charge in [-0.15, -0.1) is 0 Å². The summed E-state index contributed by atoms with van der Waals surface area (Å²) in [6, 6.07) is 3.87. The molecule has 1 amide bonds. The van der Waals surface area contributed by atoms with Crippen LogP contribution in [0.5, 0.6) is 11.6 Å². The molecule has 8 heteroatoms. The van der Waals surface area contributed by atoms with E-state index in [1.165, 1.54) is 11.0 Å². The van der Waals surface area contributed by atoms with Crippen LogP contribution in [0.1, 0.15) is 16.9 Å². The van der Waals surface area contributed by atoms with E-state index in [0.717, 1.165) is 12.5 Å². The van der Waals surface area contributed by atoms with Crippen LogP contribution >= 0.6 is 0 Å². The van der Waals surface area contributed by atoms with Crippen molar-refractivity contribution in [1.82, 2.24) is 9.78 Å². The van der Waals surface area contributed by atoms with Crippen LogP contribution in [0.3, 0.4) is 0 Å². The van der Waals surface area contributed by atoms with E-state index in [0.29, 0.717) is 19.0 Å². The van der Waals surface area contributed by atoms with Gasteiger partial charge in [0.2, 0.25) is 11.7 Å². The van der Waals surface area contributed by atoms with Gasteiger partial charge in [0.25, 0.3) is 5.91 Å². The molecule has 0 atom stereocenters. The first-order valence-electron chi connectivity index (χ1n) is 7.28. The van der Waals surface area contributed by atoms with Crippen molar-refractivity contribution >= 4 is 11.6 Å². The number of anilines is 1. The second-order valence-corrected chi connectivity index (χ2v) is 5.31. The van der Waals surface area contributed by atoms with Gasteiger partial charge in [-0.1, -0.05) is 0 Å². The lowest BCUT2D eigenvalue weighted by atomic mass is 10.2. The van der Waals surface area contributed by atoms with Gasteiger partial charge < -0.3 is 9.47 Å². The van der Waals surface area contributed by atoms with Gasteiger partial charge in [0.1, 0.15) is 6.61 Å². The Labute approximate surface area is 130 Å². The van der Waals surface area contributed by atoms with Crippen molar-refractivity contribution in [3.63, 3.8) is 0 Å². The molecule has 0 radical (unpaired) electrons. The average molecular weight is 321 g/mol. The quantitative estimate of drug-likeness (QED) is 0.806. The van der Waals surface area contributed by atoms with Crippen molar-refractivity contribution in [3.8, 4) is 11.6 Å². The van der Waals surface area contributed by atoms with Crippen molar-refractivity contribution in [3.05, 3.63) is 35.5 Å². The summed E-state index contributed by atoms with van der Waals surface area (Å²) >= 11 is 0. The summed E-state index contributed by atoms with van der Waals surface area (Å²) in [5.41, 5.74) is 0.409. The minimum atomic E-state index is -1.09. The second kappa shape index (κ2) is 5.22. The van der Waals surface area contributed by atoms with E-state index in [4.69, 9.17) is 9.47 Å². The molecular formula is C15H13F2N3O3. The van der Waals surface area contributed by atoms with Gasteiger partial charge in [0.05, 0.1) is 18.8 Å².